The van der Waals surface area contributed by atoms with Gasteiger partial charge in [0.15, 0.2) is 7.85 Å². The van der Waals surface area contributed by atoms with E-state index in [1.54, 1.807) is 0 Å². The Balaban J connectivity index is 2.09. The van der Waals surface area contributed by atoms with Crippen LogP contribution in [0.4, 0.5) is 8.78 Å². The van der Waals surface area contributed by atoms with Crippen molar-refractivity contribution in [3.05, 3.63) is 0 Å². The molecular formula is C10H17BF2. The molecule has 0 unspecified atom stereocenters. The molecule has 0 heterocycles. The first kappa shape index (κ1) is 9.48. The van der Waals surface area contributed by atoms with E-state index in [1.165, 1.54) is 0 Å². The van der Waals surface area contributed by atoms with Crippen molar-refractivity contribution in [2.24, 2.45) is 16.2 Å². The van der Waals surface area contributed by atoms with Crippen LogP contribution in [-0.2, 0) is 0 Å². The molecule has 0 aromatic rings. The van der Waals surface area contributed by atoms with Gasteiger partial charge in [0.05, 0.1) is 0 Å². The van der Waals surface area contributed by atoms with E-state index in [2.05, 4.69) is 20.8 Å². The molecule has 3 rings (SSSR count). The molecule has 0 nitrogen and oxygen atoms in total. The fourth-order valence-corrected chi connectivity index (χ4v) is 3.05. The topological polar surface area (TPSA) is 0 Å². The van der Waals surface area contributed by atoms with Crippen molar-refractivity contribution in [1.29, 1.82) is 0 Å². The summed E-state index contributed by atoms with van der Waals surface area (Å²) < 4.78 is 26.3. The summed E-state index contributed by atoms with van der Waals surface area (Å²) >= 11 is 0. The zero-order valence-corrected chi connectivity index (χ0v) is 8.88. The number of halogens is 2. The summed E-state index contributed by atoms with van der Waals surface area (Å²) in [6, 6.07) is 0. The van der Waals surface area contributed by atoms with Gasteiger partial charge in [0.2, 0.25) is 5.82 Å². The Morgan fingerprint density at radius 2 is 1.38 bits per heavy atom. The zero-order valence-electron chi connectivity index (χ0n) is 8.88. The fraction of sp³-hybridized carbons (Fsp3) is 1.00. The average molecular weight is 186 g/mol. The molecule has 0 saturated heterocycles. The first-order valence-corrected chi connectivity index (χ1v) is 5.00. The molecule has 74 valence electrons. The maximum absolute atomic E-state index is 13.1. The van der Waals surface area contributed by atoms with Gasteiger partial charge < -0.3 is 0 Å². The van der Waals surface area contributed by atoms with Crippen molar-refractivity contribution in [3.63, 3.8) is 0 Å². The molecule has 3 aliphatic carbocycles. The highest BCUT2D eigenvalue weighted by molar-refractivity contribution is 6.14. The Labute approximate surface area is 79.5 Å². The van der Waals surface area contributed by atoms with Crippen LogP contribution in [-0.4, -0.2) is 13.7 Å². The number of alkyl halides is 2. The van der Waals surface area contributed by atoms with E-state index in [-0.39, 0.29) is 10.8 Å². The molecule has 3 saturated carbocycles. The second-order valence-corrected chi connectivity index (χ2v) is 6.23. The van der Waals surface area contributed by atoms with E-state index in [9.17, 15) is 8.78 Å². The molecule has 0 aromatic heterocycles. The van der Waals surface area contributed by atoms with E-state index < -0.39 is 11.2 Å². The molecule has 0 atom stereocenters. The van der Waals surface area contributed by atoms with Crippen molar-refractivity contribution in [2.45, 2.75) is 45.9 Å². The van der Waals surface area contributed by atoms with E-state index >= 15 is 0 Å². The minimum absolute atomic E-state index is 0.208. The lowest BCUT2D eigenvalue weighted by molar-refractivity contribution is -0.321. The third-order valence-corrected chi connectivity index (χ3v) is 4.55. The first-order chi connectivity index (χ1) is 5.62. The van der Waals surface area contributed by atoms with Crippen LogP contribution in [0.1, 0.15) is 40.0 Å². The quantitative estimate of drug-likeness (QED) is 0.551. The first-order valence-electron chi connectivity index (χ1n) is 5.00. The van der Waals surface area contributed by atoms with Crippen LogP contribution >= 0.6 is 0 Å². The van der Waals surface area contributed by atoms with Crippen LogP contribution in [0.3, 0.4) is 0 Å². The predicted octanol–water partition coefficient (Wildman–Crippen LogP) is 2.43. The second-order valence-electron chi connectivity index (χ2n) is 6.23. The summed E-state index contributed by atoms with van der Waals surface area (Å²) in [5, 5.41) is 0. The lowest BCUT2D eigenvalue weighted by Crippen LogP contribution is -2.73. The van der Waals surface area contributed by atoms with Crippen LogP contribution in [0.5, 0.6) is 0 Å². The van der Waals surface area contributed by atoms with E-state index in [4.69, 9.17) is 0 Å². The maximum atomic E-state index is 13.1. The van der Waals surface area contributed by atoms with Gasteiger partial charge in [-0.2, -0.15) is 0 Å². The number of hydrogen-bond donors (Lipinski definition) is 0. The summed E-state index contributed by atoms with van der Waals surface area (Å²) in [6.45, 7) is 6.51. The van der Waals surface area contributed by atoms with Crippen molar-refractivity contribution < 1.29 is 8.78 Å². The zero-order chi connectivity index (χ0) is 10.1. The molecule has 0 N–H and O–H groups in total. The van der Waals surface area contributed by atoms with Gasteiger partial charge in [0.25, 0.3) is 0 Å². The second kappa shape index (κ2) is 1.96. The molecular weight excluding hydrogens is 169 g/mol. The monoisotopic (exact) mass is 186 g/mol. The minimum Gasteiger partial charge on any atom is -0.218 e. The SMILES string of the molecule is BC(F)(F)C12CC(C(C)(C)C)(C1)C2. The Morgan fingerprint density at radius 1 is 1.00 bits per heavy atom. The molecule has 0 spiro atoms. The molecule has 0 aromatic carbocycles. The van der Waals surface area contributed by atoms with Crippen molar-refractivity contribution >= 4 is 7.85 Å². The summed E-state index contributed by atoms with van der Waals surface area (Å²) in [5.74, 6) is -2.46. The highest BCUT2D eigenvalue weighted by atomic mass is 19.3. The lowest BCUT2D eigenvalue weighted by Gasteiger charge is -2.77. The molecule has 13 heavy (non-hydrogen) atoms. The predicted molar refractivity (Wildman–Crippen MR) is 51.7 cm³/mol. The molecule has 0 radical (unpaired) electrons. The summed E-state index contributed by atoms with van der Waals surface area (Å²) in [5.41, 5.74) is -0.160. The van der Waals surface area contributed by atoms with Crippen LogP contribution in [0.2, 0.25) is 0 Å². The standard InChI is InChI=1S/C10H17BF2/c1-7(2,3)8-4-9(5-8,6-8)10(11,12)13/h4-6,11H2,1-3H3. The molecule has 3 heteroatoms. The summed E-state index contributed by atoms with van der Waals surface area (Å²) in [6.07, 6.45) is 2.23. The molecule has 0 amide bonds. The van der Waals surface area contributed by atoms with E-state index in [1.807, 2.05) is 0 Å². The van der Waals surface area contributed by atoms with E-state index in [0.717, 1.165) is 27.1 Å². The van der Waals surface area contributed by atoms with Gasteiger partial charge in [-0.3, -0.25) is 0 Å². The average Bonchev–Trinajstić information content (AvgIpc) is 1.41. The van der Waals surface area contributed by atoms with Gasteiger partial charge in [-0.25, -0.2) is 8.78 Å². The highest BCUT2D eigenvalue weighted by Gasteiger charge is 2.77. The van der Waals surface area contributed by atoms with Crippen molar-refractivity contribution in [3.8, 4) is 0 Å². The molecule has 2 bridgehead atoms. The number of hydrogen-bond acceptors (Lipinski definition) is 0. The van der Waals surface area contributed by atoms with Crippen molar-refractivity contribution in [2.75, 3.05) is 0 Å². The van der Waals surface area contributed by atoms with E-state index in [0.29, 0.717) is 0 Å². The van der Waals surface area contributed by atoms with Crippen LogP contribution < -0.4 is 0 Å². The Hall–Kier alpha value is -0.0751. The van der Waals surface area contributed by atoms with Crippen LogP contribution in [0.15, 0.2) is 0 Å². The molecule has 3 aliphatic rings. The Morgan fingerprint density at radius 3 is 1.62 bits per heavy atom. The van der Waals surface area contributed by atoms with Gasteiger partial charge in [-0.05, 0) is 30.1 Å². The van der Waals surface area contributed by atoms with Gasteiger partial charge in [-0.15, -0.1) is 0 Å². The van der Waals surface area contributed by atoms with Crippen LogP contribution in [0, 0.1) is 16.2 Å². The third-order valence-electron chi connectivity index (χ3n) is 4.55. The van der Waals surface area contributed by atoms with Gasteiger partial charge in [0, 0.05) is 5.41 Å². The van der Waals surface area contributed by atoms with Gasteiger partial charge >= 0.3 is 0 Å². The lowest BCUT2D eigenvalue weighted by atomic mass is 9.26. The smallest absolute Gasteiger partial charge is 0.212 e. The largest absolute Gasteiger partial charge is 0.218 e. The van der Waals surface area contributed by atoms with Gasteiger partial charge in [-0.1, -0.05) is 20.8 Å². The highest BCUT2D eigenvalue weighted by Crippen LogP contribution is 2.82. The number of rotatable bonds is 1. The van der Waals surface area contributed by atoms with Crippen LogP contribution in [0.25, 0.3) is 0 Å². The maximum Gasteiger partial charge on any atom is 0.212 e. The van der Waals surface area contributed by atoms with Crippen molar-refractivity contribution in [1.82, 2.24) is 0 Å². The minimum atomic E-state index is -2.46. The Bertz CT molecular complexity index is 203. The fourth-order valence-electron chi connectivity index (χ4n) is 3.05. The normalized spacial score (nSPS) is 43.8. The third kappa shape index (κ3) is 0.910. The molecule has 0 aliphatic heterocycles. The molecule has 3 fully saturated rings. The van der Waals surface area contributed by atoms with Gasteiger partial charge in [0.1, 0.15) is 0 Å². The Kier molecular flexibility index (Phi) is 1.43. The summed E-state index contributed by atoms with van der Waals surface area (Å²) in [4.78, 5) is 0. The summed E-state index contributed by atoms with van der Waals surface area (Å²) in [7, 11) is 1.08.